The average Bonchev–Trinajstić information content (AvgIpc) is 2.97. The molecule has 0 aliphatic carbocycles. The number of Topliss-reactive ketones (excluding diaryl/α,β-unsaturated/α-hetero) is 1. The van der Waals surface area contributed by atoms with Crippen molar-refractivity contribution in [1.82, 2.24) is 5.32 Å². The lowest BCUT2D eigenvalue weighted by molar-refractivity contribution is -0.125. The molecule has 5 heteroatoms. The van der Waals surface area contributed by atoms with Gasteiger partial charge >= 0.3 is 0 Å². The van der Waals surface area contributed by atoms with Crippen LogP contribution in [0, 0.1) is 5.41 Å². The minimum atomic E-state index is -0.550. The average molecular weight is 315 g/mol. The van der Waals surface area contributed by atoms with Gasteiger partial charge in [0.25, 0.3) is 0 Å². The molecule has 1 aliphatic heterocycles. The summed E-state index contributed by atoms with van der Waals surface area (Å²) in [5.41, 5.74) is 0.406. The summed E-state index contributed by atoms with van der Waals surface area (Å²) in [7, 11) is 0. The van der Waals surface area contributed by atoms with Crippen LogP contribution in [0.2, 0.25) is 0 Å². The normalized spacial score (nSPS) is 13.7. The van der Waals surface area contributed by atoms with E-state index in [1.165, 1.54) is 13.0 Å². The van der Waals surface area contributed by atoms with Crippen molar-refractivity contribution in [2.75, 3.05) is 13.3 Å². The van der Waals surface area contributed by atoms with Gasteiger partial charge in [0.2, 0.25) is 12.7 Å². The zero-order valence-electron chi connectivity index (χ0n) is 13.6. The molecule has 0 aromatic heterocycles. The van der Waals surface area contributed by atoms with Crippen LogP contribution in [-0.4, -0.2) is 25.0 Å². The van der Waals surface area contributed by atoms with Crippen LogP contribution in [0.4, 0.5) is 0 Å². The van der Waals surface area contributed by atoms with E-state index in [2.05, 4.69) is 5.32 Å². The van der Waals surface area contributed by atoms with Crippen LogP contribution in [-0.2, 0) is 9.59 Å². The van der Waals surface area contributed by atoms with E-state index in [0.717, 1.165) is 17.1 Å². The van der Waals surface area contributed by atoms with Gasteiger partial charge in [-0.15, -0.1) is 0 Å². The van der Waals surface area contributed by atoms with Crippen LogP contribution in [0.3, 0.4) is 0 Å². The molecule has 2 rings (SSSR count). The second kappa shape index (κ2) is 7.13. The molecule has 1 aliphatic rings. The Balaban J connectivity index is 1.84. The molecule has 1 amide bonds. The van der Waals surface area contributed by atoms with Gasteiger partial charge < -0.3 is 14.8 Å². The molecule has 0 saturated heterocycles. The molecule has 1 aromatic carbocycles. The smallest absolute Gasteiger partial charge is 0.244 e. The standard InChI is InChI=1S/C18H21NO4/c1-13(20)18(2,3)11-19-17(21)7-5-4-6-14-8-9-15-16(10-14)23-12-22-15/h4-10H,11-12H2,1-3H3,(H,19,21)/b6-4+,7-5-. The van der Waals surface area contributed by atoms with Crippen LogP contribution in [0.5, 0.6) is 11.5 Å². The van der Waals surface area contributed by atoms with E-state index >= 15 is 0 Å². The number of rotatable bonds is 6. The highest BCUT2D eigenvalue weighted by atomic mass is 16.7. The summed E-state index contributed by atoms with van der Waals surface area (Å²) in [5, 5.41) is 2.72. The Morgan fingerprint density at radius 1 is 1.22 bits per heavy atom. The Kier molecular flexibility index (Phi) is 5.21. The maximum Gasteiger partial charge on any atom is 0.244 e. The Morgan fingerprint density at radius 2 is 1.96 bits per heavy atom. The topological polar surface area (TPSA) is 64.6 Å². The minimum Gasteiger partial charge on any atom is -0.454 e. The number of ether oxygens (including phenoxy) is 2. The summed E-state index contributed by atoms with van der Waals surface area (Å²) in [6.45, 7) is 5.70. The molecule has 1 heterocycles. The number of hydrogen-bond donors (Lipinski definition) is 1. The van der Waals surface area contributed by atoms with Gasteiger partial charge in [-0.1, -0.05) is 38.1 Å². The second-order valence-electron chi connectivity index (χ2n) is 5.99. The van der Waals surface area contributed by atoms with Crippen molar-refractivity contribution in [3.63, 3.8) is 0 Å². The van der Waals surface area contributed by atoms with E-state index in [9.17, 15) is 9.59 Å². The highest BCUT2D eigenvalue weighted by molar-refractivity contribution is 5.89. The Bertz CT molecular complexity index is 659. The van der Waals surface area contributed by atoms with Gasteiger partial charge in [0.05, 0.1) is 0 Å². The molecule has 1 aromatic rings. The fourth-order valence-electron chi connectivity index (χ4n) is 1.82. The second-order valence-corrected chi connectivity index (χ2v) is 5.99. The molecular weight excluding hydrogens is 294 g/mol. The van der Waals surface area contributed by atoms with Gasteiger partial charge in [0, 0.05) is 18.0 Å². The van der Waals surface area contributed by atoms with E-state index < -0.39 is 5.41 Å². The van der Waals surface area contributed by atoms with Crippen LogP contribution in [0.25, 0.3) is 6.08 Å². The lowest BCUT2D eigenvalue weighted by Gasteiger charge is -2.20. The highest BCUT2D eigenvalue weighted by Gasteiger charge is 2.23. The van der Waals surface area contributed by atoms with Crippen molar-refractivity contribution in [2.24, 2.45) is 5.41 Å². The third-order valence-corrected chi connectivity index (χ3v) is 3.70. The Morgan fingerprint density at radius 3 is 2.70 bits per heavy atom. The summed E-state index contributed by atoms with van der Waals surface area (Å²) >= 11 is 0. The largest absolute Gasteiger partial charge is 0.454 e. The summed E-state index contributed by atoms with van der Waals surface area (Å²) in [6, 6.07) is 5.64. The zero-order valence-corrected chi connectivity index (χ0v) is 13.6. The summed E-state index contributed by atoms with van der Waals surface area (Å²) < 4.78 is 10.5. The lowest BCUT2D eigenvalue weighted by Crippen LogP contribution is -2.37. The number of fused-ring (bicyclic) bond motifs is 1. The van der Waals surface area contributed by atoms with Gasteiger partial charge in [0.15, 0.2) is 11.5 Å². The molecule has 5 nitrogen and oxygen atoms in total. The van der Waals surface area contributed by atoms with Crippen LogP contribution in [0.15, 0.2) is 36.4 Å². The first-order valence-electron chi connectivity index (χ1n) is 7.42. The first-order valence-corrected chi connectivity index (χ1v) is 7.42. The number of carbonyl (C=O) groups excluding carboxylic acids is 2. The van der Waals surface area contributed by atoms with E-state index in [4.69, 9.17) is 9.47 Å². The van der Waals surface area contributed by atoms with Crippen molar-refractivity contribution in [3.05, 3.63) is 42.0 Å². The molecule has 0 fully saturated rings. The zero-order chi connectivity index (χ0) is 16.9. The molecule has 122 valence electrons. The van der Waals surface area contributed by atoms with Crippen molar-refractivity contribution in [1.29, 1.82) is 0 Å². The minimum absolute atomic E-state index is 0.0458. The van der Waals surface area contributed by atoms with Crippen molar-refractivity contribution in [3.8, 4) is 11.5 Å². The van der Waals surface area contributed by atoms with Gasteiger partial charge in [-0.05, 0) is 24.6 Å². The SMILES string of the molecule is CC(=O)C(C)(C)CNC(=O)/C=C\C=C\c1ccc2c(c1)OCO2. The third-order valence-electron chi connectivity index (χ3n) is 3.70. The van der Waals surface area contributed by atoms with E-state index in [0.29, 0.717) is 6.54 Å². The molecule has 0 unspecified atom stereocenters. The molecule has 0 atom stereocenters. The van der Waals surface area contributed by atoms with E-state index in [1.807, 2.05) is 24.3 Å². The summed E-state index contributed by atoms with van der Waals surface area (Å²) in [6.07, 6.45) is 6.72. The first kappa shape index (κ1) is 16.8. The quantitative estimate of drug-likeness (QED) is 0.647. The highest BCUT2D eigenvalue weighted by Crippen LogP contribution is 2.32. The van der Waals surface area contributed by atoms with E-state index in [-0.39, 0.29) is 18.5 Å². The van der Waals surface area contributed by atoms with Crippen molar-refractivity contribution in [2.45, 2.75) is 20.8 Å². The van der Waals surface area contributed by atoms with Gasteiger partial charge in [-0.2, -0.15) is 0 Å². The summed E-state index contributed by atoms with van der Waals surface area (Å²) in [5.74, 6) is 1.28. The van der Waals surface area contributed by atoms with Gasteiger partial charge in [-0.25, -0.2) is 0 Å². The Hall–Kier alpha value is -2.56. The number of hydrogen-bond acceptors (Lipinski definition) is 4. The van der Waals surface area contributed by atoms with E-state index in [1.54, 1.807) is 26.0 Å². The number of nitrogens with one attached hydrogen (secondary N) is 1. The lowest BCUT2D eigenvalue weighted by atomic mass is 9.89. The predicted octanol–water partition coefficient (Wildman–Crippen LogP) is 2.72. The molecule has 23 heavy (non-hydrogen) atoms. The van der Waals surface area contributed by atoms with Crippen molar-refractivity contribution < 1.29 is 19.1 Å². The molecule has 0 saturated carbocycles. The molecule has 0 bridgehead atoms. The third kappa shape index (κ3) is 4.71. The maximum absolute atomic E-state index is 11.7. The van der Waals surface area contributed by atoms with Crippen LogP contribution < -0.4 is 14.8 Å². The molecular formula is C18H21NO4. The van der Waals surface area contributed by atoms with Crippen LogP contribution in [0.1, 0.15) is 26.3 Å². The summed E-state index contributed by atoms with van der Waals surface area (Å²) in [4.78, 5) is 23.1. The fraction of sp³-hybridized carbons (Fsp3) is 0.333. The van der Waals surface area contributed by atoms with Gasteiger partial charge in [0.1, 0.15) is 5.78 Å². The van der Waals surface area contributed by atoms with Crippen LogP contribution >= 0.6 is 0 Å². The number of amides is 1. The molecule has 0 radical (unpaired) electrons. The molecule has 0 spiro atoms. The first-order chi connectivity index (χ1) is 10.9. The number of carbonyl (C=O) groups is 2. The number of ketones is 1. The fourth-order valence-corrected chi connectivity index (χ4v) is 1.82. The predicted molar refractivity (Wildman–Crippen MR) is 88.2 cm³/mol. The Labute approximate surface area is 136 Å². The number of benzene rings is 1. The number of allylic oxidation sites excluding steroid dienone is 2. The van der Waals surface area contributed by atoms with Crippen molar-refractivity contribution >= 4 is 17.8 Å². The maximum atomic E-state index is 11.7. The van der Waals surface area contributed by atoms with Gasteiger partial charge in [-0.3, -0.25) is 9.59 Å². The monoisotopic (exact) mass is 315 g/mol. The molecule has 1 N–H and O–H groups in total.